The summed E-state index contributed by atoms with van der Waals surface area (Å²) < 4.78 is 12.8. The number of rotatable bonds is 4. The Morgan fingerprint density at radius 1 is 1.07 bits per heavy atom. The second-order valence-corrected chi connectivity index (χ2v) is 6.91. The maximum atomic E-state index is 12.9. The number of hydrogen-bond acceptors (Lipinski definition) is 5. The fourth-order valence-corrected chi connectivity index (χ4v) is 3.17. The molecule has 1 aromatic heterocycles. The second-order valence-electron chi connectivity index (χ2n) is 6.91. The molecule has 0 spiro atoms. The molecule has 0 radical (unpaired) electrons. The molecule has 7 heteroatoms. The minimum atomic E-state index is -0.175. The van der Waals surface area contributed by atoms with E-state index in [2.05, 4.69) is 10.3 Å². The average Bonchev–Trinajstić information content (AvgIpc) is 3.09. The third kappa shape index (κ3) is 3.43. The molecule has 0 fully saturated rings. The molecule has 144 valence electrons. The SMILES string of the molecule is Cc1ccc(-n2nnc(C(=O)N(C)Cc3ccc4c(c3)OCCO4)c2C)cc1. The summed E-state index contributed by atoms with van der Waals surface area (Å²) in [7, 11) is 1.75. The highest BCUT2D eigenvalue weighted by Crippen LogP contribution is 2.31. The van der Waals surface area contributed by atoms with Gasteiger partial charge in [0.1, 0.15) is 13.2 Å². The maximum absolute atomic E-state index is 12.9. The van der Waals surface area contributed by atoms with Crippen LogP contribution in [0.2, 0.25) is 0 Å². The summed E-state index contributed by atoms with van der Waals surface area (Å²) in [4.78, 5) is 14.5. The van der Waals surface area contributed by atoms with E-state index in [-0.39, 0.29) is 5.91 Å². The Balaban J connectivity index is 1.52. The molecule has 0 bridgehead atoms. The molecule has 0 saturated heterocycles. The van der Waals surface area contributed by atoms with Crippen LogP contribution < -0.4 is 9.47 Å². The Morgan fingerprint density at radius 2 is 1.79 bits per heavy atom. The summed E-state index contributed by atoms with van der Waals surface area (Å²) in [5.41, 5.74) is 4.06. The largest absolute Gasteiger partial charge is 0.486 e. The van der Waals surface area contributed by atoms with Crippen molar-refractivity contribution in [3.63, 3.8) is 0 Å². The first-order valence-corrected chi connectivity index (χ1v) is 9.16. The van der Waals surface area contributed by atoms with Gasteiger partial charge in [0.05, 0.1) is 11.4 Å². The van der Waals surface area contributed by atoms with E-state index in [1.54, 1.807) is 16.6 Å². The molecule has 0 aliphatic carbocycles. The number of ether oxygens (including phenoxy) is 2. The third-order valence-electron chi connectivity index (χ3n) is 4.75. The number of carbonyl (C=O) groups excluding carboxylic acids is 1. The minimum absolute atomic E-state index is 0.175. The van der Waals surface area contributed by atoms with Crippen molar-refractivity contribution in [3.8, 4) is 17.2 Å². The first-order chi connectivity index (χ1) is 13.5. The molecule has 1 aliphatic rings. The summed E-state index contributed by atoms with van der Waals surface area (Å²) >= 11 is 0. The van der Waals surface area contributed by atoms with Gasteiger partial charge in [0.25, 0.3) is 5.91 Å². The molecule has 3 aromatic rings. The van der Waals surface area contributed by atoms with Gasteiger partial charge in [-0.25, -0.2) is 4.68 Å². The first kappa shape index (κ1) is 18.0. The fourth-order valence-electron chi connectivity index (χ4n) is 3.17. The van der Waals surface area contributed by atoms with Crippen molar-refractivity contribution in [1.29, 1.82) is 0 Å². The van der Waals surface area contributed by atoms with E-state index in [4.69, 9.17) is 9.47 Å². The highest BCUT2D eigenvalue weighted by molar-refractivity contribution is 5.93. The standard InChI is InChI=1S/C21H22N4O3/c1-14-4-7-17(8-5-14)25-15(2)20(22-23-25)21(26)24(3)13-16-6-9-18-19(12-16)28-11-10-27-18/h4-9,12H,10-11,13H2,1-3H3. The van der Waals surface area contributed by atoms with Crippen LogP contribution in [0.1, 0.15) is 27.3 Å². The predicted octanol–water partition coefficient (Wildman–Crippen LogP) is 2.93. The van der Waals surface area contributed by atoms with Crippen molar-refractivity contribution in [2.75, 3.05) is 20.3 Å². The van der Waals surface area contributed by atoms with Crippen molar-refractivity contribution in [1.82, 2.24) is 19.9 Å². The lowest BCUT2D eigenvalue weighted by molar-refractivity contribution is 0.0778. The Labute approximate surface area is 163 Å². The highest BCUT2D eigenvalue weighted by atomic mass is 16.6. The zero-order chi connectivity index (χ0) is 19.7. The van der Waals surface area contributed by atoms with Gasteiger partial charge in [-0.1, -0.05) is 29.0 Å². The van der Waals surface area contributed by atoms with Gasteiger partial charge in [-0.05, 0) is 43.7 Å². The normalized spacial score (nSPS) is 12.7. The van der Waals surface area contributed by atoms with Gasteiger partial charge in [0.2, 0.25) is 0 Å². The van der Waals surface area contributed by atoms with Crippen LogP contribution in [0.3, 0.4) is 0 Å². The average molecular weight is 378 g/mol. The molecule has 0 N–H and O–H groups in total. The zero-order valence-corrected chi connectivity index (χ0v) is 16.2. The number of benzene rings is 2. The number of carbonyl (C=O) groups is 1. The van der Waals surface area contributed by atoms with Crippen LogP contribution in [0.25, 0.3) is 5.69 Å². The van der Waals surface area contributed by atoms with Crippen molar-refractivity contribution >= 4 is 5.91 Å². The minimum Gasteiger partial charge on any atom is -0.486 e. The Kier molecular flexibility index (Phi) is 4.73. The quantitative estimate of drug-likeness (QED) is 0.698. The summed E-state index contributed by atoms with van der Waals surface area (Å²) in [6, 6.07) is 13.7. The summed E-state index contributed by atoms with van der Waals surface area (Å²) in [5.74, 6) is 1.28. The van der Waals surface area contributed by atoms with Gasteiger partial charge < -0.3 is 14.4 Å². The maximum Gasteiger partial charge on any atom is 0.276 e. The number of amides is 1. The molecule has 0 saturated carbocycles. The van der Waals surface area contributed by atoms with Crippen LogP contribution in [-0.4, -0.2) is 46.1 Å². The van der Waals surface area contributed by atoms with Crippen molar-refractivity contribution in [3.05, 3.63) is 65.0 Å². The van der Waals surface area contributed by atoms with Crippen molar-refractivity contribution in [2.45, 2.75) is 20.4 Å². The number of aromatic nitrogens is 3. The van der Waals surface area contributed by atoms with Gasteiger partial charge in [-0.3, -0.25) is 4.79 Å². The summed E-state index contributed by atoms with van der Waals surface area (Å²) in [5, 5.41) is 8.29. The van der Waals surface area contributed by atoms with Crippen molar-refractivity contribution < 1.29 is 14.3 Å². The van der Waals surface area contributed by atoms with E-state index in [0.717, 1.165) is 22.6 Å². The van der Waals surface area contributed by atoms with Crippen LogP contribution in [-0.2, 0) is 6.54 Å². The molecule has 0 unspecified atom stereocenters. The first-order valence-electron chi connectivity index (χ1n) is 9.16. The number of aryl methyl sites for hydroxylation is 1. The highest BCUT2D eigenvalue weighted by Gasteiger charge is 2.21. The van der Waals surface area contributed by atoms with Gasteiger partial charge in [0, 0.05) is 13.6 Å². The lowest BCUT2D eigenvalue weighted by Gasteiger charge is -2.21. The number of fused-ring (bicyclic) bond motifs is 1. The van der Waals surface area contributed by atoms with Crippen LogP contribution in [0.5, 0.6) is 11.5 Å². The topological polar surface area (TPSA) is 69.5 Å². The number of hydrogen-bond donors (Lipinski definition) is 0. The van der Waals surface area contributed by atoms with Gasteiger partial charge >= 0.3 is 0 Å². The molecule has 28 heavy (non-hydrogen) atoms. The lowest BCUT2D eigenvalue weighted by atomic mass is 10.1. The zero-order valence-electron chi connectivity index (χ0n) is 16.2. The fraction of sp³-hybridized carbons (Fsp3) is 0.286. The third-order valence-corrected chi connectivity index (χ3v) is 4.75. The van der Waals surface area contributed by atoms with Crippen LogP contribution >= 0.6 is 0 Å². The summed E-state index contributed by atoms with van der Waals surface area (Å²) in [6.07, 6.45) is 0. The van der Waals surface area contributed by atoms with Crippen LogP contribution in [0.15, 0.2) is 42.5 Å². The van der Waals surface area contributed by atoms with E-state index in [1.807, 2.05) is 56.3 Å². The molecule has 2 heterocycles. The van der Waals surface area contributed by atoms with Gasteiger partial charge in [-0.2, -0.15) is 0 Å². The Bertz CT molecular complexity index is 1010. The second kappa shape index (κ2) is 7.34. The Hall–Kier alpha value is -3.35. The van der Waals surface area contributed by atoms with Crippen molar-refractivity contribution in [2.24, 2.45) is 0 Å². The van der Waals surface area contributed by atoms with E-state index in [9.17, 15) is 4.79 Å². The van der Waals surface area contributed by atoms with Crippen LogP contribution in [0, 0.1) is 13.8 Å². The van der Waals surface area contributed by atoms with E-state index in [0.29, 0.717) is 36.9 Å². The Morgan fingerprint density at radius 3 is 2.54 bits per heavy atom. The van der Waals surface area contributed by atoms with Crippen LogP contribution in [0.4, 0.5) is 0 Å². The monoisotopic (exact) mass is 378 g/mol. The lowest BCUT2D eigenvalue weighted by Crippen LogP contribution is -2.27. The van der Waals surface area contributed by atoms with Gasteiger partial charge in [-0.15, -0.1) is 5.10 Å². The molecule has 1 amide bonds. The summed E-state index contributed by atoms with van der Waals surface area (Å²) in [6.45, 7) is 5.41. The molecular formula is C21H22N4O3. The molecule has 7 nitrogen and oxygen atoms in total. The van der Waals surface area contributed by atoms with E-state index >= 15 is 0 Å². The molecule has 0 atom stereocenters. The number of nitrogens with zero attached hydrogens (tertiary/aromatic N) is 4. The van der Waals surface area contributed by atoms with E-state index < -0.39 is 0 Å². The molecular weight excluding hydrogens is 356 g/mol. The van der Waals surface area contributed by atoms with Gasteiger partial charge in [0.15, 0.2) is 17.2 Å². The molecule has 1 aliphatic heterocycles. The predicted molar refractivity (Wildman–Crippen MR) is 104 cm³/mol. The smallest absolute Gasteiger partial charge is 0.276 e. The van der Waals surface area contributed by atoms with E-state index in [1.165, 1.54) is 0 Å². The molecule has 4 rings (SSSR count). The molecule has 2 aromatic carbocycles.